The van der Waals surface area contributed by atoms with Gasteiger partial charge in [-0.15, -0.1) is 0 Å². The summed E-state index contributed by atoms with van der Waals surface area (Å²) in [4.78, 5) is 28.8. The Morgan fingerprint density at radius 2 is 1.94 bits per heavy atom. The molecule has 1 N–H and O–H groups in total. The molecule has 7 heteroatoms. The van der Waals surface area contributed by atoms with E-state index in [0.29, 0.717) is 18.0 Å². The standard InChI is InChI=1S/C25H26FN5O/c1-15-5-8-22(28-12-15)30-20-11-17-6-7-21(20)31(14-17)25(32)24-18(10-16(2)13-29-24)23-19(26)4-3-9-27-23/h3-5,8-10,12-13,17,20-21H,6-7,11,14H2,1-2H3,(H,28,30). The molecule has 3 fully saturated rings. The zero-order valence-corrected chi connectivity index (χ0v) is 18.3. The molecule has 0 radical (unpaired) electrons. The first kappa shape index (κ1) is 20.5. The molecule has 0 aromatic carbocycles. The molecule has 1 amide bonds. The van der Waals surface area contributed by atoms with Gasteiger partial charge in [0.1, 0.15) is 23.0 Å². The number of halogens is 1. The number of nitrogens with zero attached hydrogens (tertiary/aromatic N) is 4. The molecule has 3 unspecified atom stereocenters. The predicted octanol–water partition coefficient (Wildman–Crippen LogP) is 4.40. The summed E-state index contributed by atoms with van der Waals surface area (Å²) in [6.45, 7) is 4.59. The fraction of sp³-hybridized carbons (Fsp3) is 0.360. The van der Waals surface area contributed by atoms with Crippen LogP contribution in [0.2, 0.25) is 0 Å². The van der Waals surface area contributed by atoms with Gasteiger partial charge in [-0.3, -0.25) is 14.8 Å². The highest BCUT2D eigenvalue weighted by Crippen LogP contribution is 2.38. The number of piperidine rings is 2. The van der Waals surface area contributed by atoms with Crippen molar-refractivity contribution in [2.24, 2.45) is 5.92 Å². The van der Waals surface area contributed by atoms with Crippen molar-refractivity contribution in [1.29, 1.82) is 0 Å². The zero-order valence-electron chi connectivity index (χ0n) is 18.3. The number of nitrogens with one attached hydrogen (secondary N) is 1. The molecule has 3 atom stereocenters. The third-order valence-corrected chi connectivity index (χ3v) is 6.52. The number of anilines is 1. The van der Waals surface area contributed by atoms with Crippen LogP contribution in [0.5, 0.6) is 0 Å². The van der Waals surface area contributed by atoms with E-state index in [4.69, 9.17) is 0 Å². The number of carbonyl (C=O) groups excluding carboxylic acids is 1. The van der Waals surface area contributed by atoms with E-state index < -0.39 is 5.82 Å². The molecule has 32 heavy (non-hydrogen) atoms. The first-order valence-electron chi connectivity index (χ1n) is 11.1. The Morgan fingerprint density at radius 3 is 2.69 bits per heavy atom. The maximum absolute atomic E-state index is 14.5. The maximum atomic E-state index is 14.5. The van der Waals surface area contributed by atoms with Crippen molar-refractivity contribution in [2.45, 2.75) is 45.2 Å². The molecule has 3 aromatic heterocycles. The van der Waals surface area contributed by atoms with Gasteiger partial charge in [-0.2, -0.15) is 0 Å². The Balaban J connectivity index is 1.46. The van der Waals surface area contributed by atoms with Gasteiger partial charge in [-0.25, -0.2) is 9.37 Å². The van der Waals surface area contributed by atoms with Crippen LogP contribution in [0.15, 0.2) is 48.9 Å². The normalized spacial score (nSPS) is 22.1. The average molecular weight is 432 g/mol. The molecular formula is C25H26FN5O. The second-order valence-corrected chi connectivity index (χ2v) is 8.92. The van der Waals surface area contributed by atoms with Crippen LogP contribution in [0.1, 0.15) is 40.9 Å². The van der Waals surface area contributed by atoms with Crippen LogP contribution in [0.25, 0.3) is 11.3 Å². The molecule has 3 aromatic rings. The van der Waals surface area contributed by atoms with Gasteiger partial charge in [0, 0.05) is 36.7 Å². The Kier molecular flexibility index (Phi) is 5.33. The Bertz CT molecular complexity index is 1150. The van der Waals surface area contributed by atoms with Crippen LogP contribution in [0, 0.1) is 25.6 Å². The molecular weight excluding hydrogens is 405 g/mol. The number of rotatable bonds is 4. The molecule has 0 spiro atoms. The van der Waals surface area contributed by atoms with E-state index in [1.165, 1.54) is 12.3 Å². The highest BCUT2D eigenvalue weighted by atomic mass is 19.1. The molecule has 6 nitrogen and oxygen atoms in total. The van der Waals surface area contributed by atoms with Crippen LogP contribution in [0.3, 0.4) is 0 Å². The third kappa shape index (κ3) is 3.83. The summed E-state index contributed by atoms with van der Waals surface area (Å²) in [6.07, 6.45) is 8.08. The lowest BCUT2D eigenvalue weighted by Gasteiger charge is -2.50. The second-order valence-electron chi connectivity index (χ2n) is 8.92. The number of aromatic nitrogens is 3. The van der Waals surface area contributed by atoms with Crippen LogP contribution in [-0.4, -0.2) is 44.4 Å². The van der Waals surface area contributed by atoms with E-state index >= 15 is 0 Å². The zero-order chi connectivity index (χ0) is 22.2. The van der Waals surface area contributed by atoms with Crippen molar-refractivity contribution < 1.29 is 9.18 Å². The summed E-state index contributed by atoms with van der Waals surface area (Å²) in [5, 5.41) is 3.54. The summed E-state index contributed by atoms with van der Waals surface area (Å²) in [5.41, 5.74) is 2.82. The van der Waals surface area contributed by atoms with E-state index in [1.54, 1.807) is 18.3 Å². The molecule has 1 aliphatic carbocycles. The van der Waals surface area contributed by atoms with Crippen LogP contribution < -0.4 is 5.32 Å². The number of aryl methyl sites for hydroxylation is 2. The summed E-state index contributed by atoms with van der Waals surface area (Å²) in [6, 6.07) is 8.87. The smallest absolute Gasteiger partial charge is 0.273 e. The Hall–Kier alpha value is -3.35. The fourth-order valence-electron chi connectivity index (χ4n) is 4.97. The monoisotopic (exact) mass is 431 g/mol. The van der Waals surface area contributed by atoms with Crippen LogP contribution >= 0.6 is 0 Å². The van der Waals surface area contributed by atoms with Crippen molar-refractivity contribution in [3.63, 3.8) is 0 Å². The van der Waals surface area contributed by atoms with E-state index in [9.17, 15) is 9.18 Å². The molecule has 164 valence electrons. The summed E-state index contributed by atoms with van der Waals surface area (Å²) in [7, 11) is 0. The van der Waals surface area contributed by atoms with Crippen LogP contribution in [-0.2, 0) is 0 Å². The largest absolute Gasteiger partial charge is 0.365 e. The molecule has 6 rings (SSSR count). The van der Waals surface area contributed by atoms with E-state index in [-0.39, 0.29) is 29.4 Å². The van der Waals surface area contributed by atoms with Crippen molar-refractivity contribution in [3.05, 3.63) is 71.6 Å². The Labute approximate surface area is 186 Å². The van der Waals surface area contributed by atoms with Gasteiger partial charge in [0.2, 0.25) is 0 Å². The number of pyridine rings is 3. The lowest BCUT2D eigenvalue weighted by atomic mass is 9.76. The number of amides is 1. The van der Waals surface area contributed by atoms with E-state index in [1.807, 2.05) is 37.1 Å². The minimum Gasteiger partial charge on any atom is -0.365 e. The van der Waals surface area contributed by atoms with Gasteiger partial charge < -0.3 is 10.2 Å². The van der Waals surface area contributed by atoms with Gasteiger partial charge in [0.25, 0.3) is 5.91 Å². The minimum atomic E-state index is -0.459. The average Bonchev–Trinajstić information content (AvgIpc) is 2.81. The second kappa shape index (κ2) is 8.30. The van der Waals surface area contributed by atoms with Gasteiger partial charge in [-0.1, -0.05) is 6.07 Å². The van der Waals surface area contributed by atoms with Crippen molar-refractivity contribution in [1.82, 2.24) is 19.9 Å². The van der Waals surface area contributed by atoms with E-state index in [2.05, 4.69) is 20.3 Å². The first-order chi connectivity index (χ1) is 15.5. The topological polar surface area (TPSA) is 71.0 Å². The maximum Gasteiger partial charge on any atom is 0.273 e. The quantitative estimate of drug-likeness (QED) is 0.663. The third-order valence-electron chi connectivity index (χ3n) is 6.52. The molecule has 2 bridgehead atoms. The molecule has 5 heterocycles. The number of hydrogen-bond acceptors (Lipinski definition) is 5. The minimum absolute atomic E-state index is 0.0418. The summed E-state index contributed by atoms with van der Waals surface area (Å²) >= 11 is 0. The summed E-state index contributed by atoms with van der Waals surface area (Å²) in [5.74, 6) is 0.625. The van der Waals surface area contributed by atoms with Gasteiger partial charge >= 0.3 is 0 Å². The van der Waals surface area contributed by atoms with Crippen LogP contribution in [0.4, 0.5) is 10.2 Å². The van der Waals surface area contributed by atoms with Gasteiger partial charge in [-0.05, 0) is 74.4 Å². The predicted molar refractivity (Wildman–Crippen MR) is 121 cm³/mol. The highest BCUT2D eigenvalue weighted by Gasteiger charge is 2.44. The molecule has 3 aliphatic rings. The van der Waals surface area contributed by atoms with Gasteiger partial charge in [0.05, 0.1) is 6.04 Å². The SMILES string of the molecule is Cc1ccc(NC2CC3CCC2N(C(=O)c2ncc(C)cc2-c2ncccc2F)C3)nc1. The lowest BCUT2D eigenvalue weighted by molar-refractivity contribution is 0.0277. The van der Waals surface area contributed by atoms with Gasteiger partial charge in [0.15, 0.2) is 0 Å². The number of hydrogen-bond donors (Lipinski definition) is 1. The Morgan fingerprint density at radius 1 is 1.09 bits per heavy atom. The fourth-order valence-corrected chi connectivity index (χ4v) is 4.97. The molecule has 2 saturated heterocycles. The first-order valence-corrected chi connectivity index (χ1v) is 11.1. The van der Waals surface area contributed by atoms with Crippen molar-refractivity contribution in [2.75, 3.05) is 11.9 Å². The molecule has 2 aliphatic heterocycles. The number of carbonyl (C=O) groups is 1. The number of fused-ring (bicyclic) bond motifs is 3. The summed E-state index contributed by atoms with van der Waals surface area (Å²) < 4.78 is 14.5. The molecule has 1 saturated carbocycles. The van der Waals surface area contributed by atoms with Crippen molar-refractivity contribution in [3.8, 4) is 11.3 Å². The van der Waals surface area contributed by atoms with Crippen molar-refractivity contribution >= 4 is 11.7 Å². The van der Waals surface area contributed by atoms with E-state index in [0.717, 1.165) is 36.2 Å². The lowest BCUT2D eigenvalue weighted by Crippen LogP contribution is -2.60. The highest BCUT2D eigenvalue weighted by molar-refractivity contribution is 5.99.